The molecule has 0 aliphatic heterocycles. The van der Waals surface area contributed by atoms with Crippen molar-refractivity contribution in [3.05, 3.63) is 0 Å². The third kappa shape index (κ3) is 9.09. The molecule has 0 spiro atoms. The predicted molar refractivity (Wildman–Crippen MR) is 9.94 cm³/mol. The summed E-state index contributed by atoms with van der Waals surface area (Å²) in [7, 11) is 0.931. The third-order valence-corrected chi connectivity index (χ3v) is 0. The van der Waals surface area contributed by atoms with Crippen molar-refractivity contribution in [2.75, 3.05) is 0 Å². The summed E-state index contributed by atoms with van der Waals surface area (Å²) in [4.78, 5) is 0. The quantitative estimate of drug-likeness (QED) is 0.480. The second-order valence-corrected chi connectivity index (χ2v) is 0. The normalized spacial score (nSPS) is 2.50. The van der Waals surface area contributed by atoms with Gasteiger partial charge >= 0.3 is 23.8 Å². The molecule has 0 bridgehead atoms. The molecule has 0 N–H and O–H groups in total. The molecule has 0 aromatic rings. The molecule has 0 aliphatic carbocycles. The van der Waals surface area contributed by atoms with Crippen LogP contribution in [0.1, 0.15) is 0 Å². The first-order chi connectivity index (χ1) is 1.00. The van der Waals surface area contributed by atoms with Gasteiger partial charge in [-0.1, -0.05) is 0 Å². The molecule has 4 heteroatoms. The third-order valence-electron chi connectivity index (χ3n) is 0. The van der Waals surface area contributed by atoms with Gasteiger partial charge in [0.2, 0.25) is 0 Å². The molecule has 1 radical (unpaired) electrons. The molecule has 0 unspecified atom stereocenters. The molecule has 38 valence electrons. The second-order valence-electron chi connectivity index (χ2n) is 0. The van der Waals surface area contributed by atoms with Crippen molar-refractivity contribution in [2.24, 2.45) is 0 Å². The molecule has 4 heavy (non-hydrogen) atoms. The predicted octanol–water partition coefficient (Wildman–Crippen LogP) is -1.19. The summed E-state index contributed by atoms with van der Waals surface area (Å²) in [5.74, 6) is 0. The van der Waals surface area contributed by atoms with Crippen LogP contribution in [0.4, 0.5) is 0 Å². The first kappa shape index (κ1) is 16.9. The summed E-state index contributed by atoms with van der Waals surface area (Å²) < 4.78 is 0. The van der Waals surface area contributed by atoms with Crippen LogP contribution in [0.5, 0.6) is 0 Å². The van der Waals surface area contributed by atoms with Gasteiger partial charge in [-0.05, 0) is 0 Å². The van der Waals surface area contributed by atoms with Crippen molar-refractivity contribution < 1.29 is 52.3 Å². The molecule has 0 aromatic carbocycles. The fraction of sp³-hybridized carbons (Fsp3) is 0. The molecule has 0 rings (SSSR count). The zero-order valence-electron chi connectivity index (χ0n) is 1.93. The average Bonchev–Trinajstić information content (AvgIpc) is 1.00. The molecule has 0 aliphatic rings. The molecular weight excluding hydrogens is 257 g/mol. The van der Waals surface area contributed by atoms with Gasteiger partial charge in [0.05, 0.1) is 0 Å². The van der Waals surface area contributed by atoms with Crippen molar-refractivity contribution in [3.63, 3.8) is 0 Å². The zero-order valence-corrected chi connectivity index (χ0v) is 7.42. The van der Waals surface area contributed by atoms with Gasteiger partial charge in [-0.25, -0.2) is 0 Å². The van der Waals surface area contributed by atoms with Gasteiger partial charge in [0, 0.05) is 37.5 Å². The van der Waals surface area contributed by atoms with Crippen LogP contribution in [-0.2, 0) is 52.3 Å². The molecule has 0 atom stereocenters. The summed E-state index contributed by atoms with van der Waals surface area (Å²) in [5, 5.41) is 0. The van der Waals surface area contributed by atoms with Crippen LogP contribution >= 0.6 is 0 Å². The van der Waals surface area contributed by atoms with E-state index < -0.39 is 0 Å². The van der Waals surface area contributed by atoms with E-state index in [9.17, 15) is 0 Å². The van der Waals surface area contributed by atoms with Crippen molar-refractivity contribution in [1.29, 1.82) is 0 Å². The Morgan fingerprint density at radius 1 is 1.25 bits per heavy atom. The monoisotopic (exact) mass is 258 g/mol. The van der Waals surface area contributed by atoms with E-state index >= 15 is 0 Å². The van der Waals surface area contributed by atoms with Gasteiger partial charge < -0.3 is 0 Å². The van der Waals surface area contributed by atoms with E-state index in [2.05, 4.69) is 14.8 Å². The Bertz CT molecular complexity index is 8.00. The van der Waals surface area contributed by atoms with Crippen molar-refractivity contribution in [2.45, 2.75) is 0 Å². The topological polar surface area (TPSA) is 0 Å². The van der Waals surface area contributed by atoms with Gasteiger partial charge in [-0.15, -0.1) is 0 Å². The van der Waals surface area contributed by atoms with Crippen LogP contribution < -0.4 is 0 Å². The van der Waals surface area contributed by atoms with Crippen LogP contribution in [-0.4, -0.2) is 8.94 Å². The van der Waals surface area contributed by atoms with E-state index in [-0.39, 0.29) is 37.5 Å². The Morgan fingerprint density at radius 2 is 1.25 bits per heavy atom. The molecule has 0 nitrogen and oxygen atoms in total. The molecule has 0 fully saturated rings. The fourth-order valence-corrected chi connectivity index (χ4v) is 0. The van der Waals surface area contributed by atoms with Crippen LogP contribution in [0.25, 0.3) is 0 Å². The maximum atomic E-state index is 4.01. The standard InChI is InChI=1S/Cu.Ni.Pd.H3Si/h;;;1H3. The molecule has 0 saturated heterocycles. The van der Waals surface area contributed by atoms with Crippen LogP contribution in [0.3, 0.4) is 0 Å². The Labute approximate surface area is 60.9 Å². The fourth-order valence-electron chi connectivity index (χ4n) is 0. The maximum absolute atomic E-state index is 4.01. The average molecular weight is 260 g/mol. The van der Waals surface area contributed by atoms with Crippen LogP contribution in [0.15, 0.2) is 0 Å². The van der Waals surface area contributed by atoms with Gasteiger partial charge in [-0.3, -0.25) is 0 Å². The molecule has 0 aromatic heterocycles. The van der Waals surface area contributed by atoms with Crippen LogP contribution in [0.2, 0.25) is 0 Å². The van der Waals surface area contributed by atoms with Gasteiger partial charge in [-0.2, -0.15) is 0 Å². The van der Waals surface area contributed by atoms with E-state index in [0.29, 0.717) is 0 Å². The summed E-state index contributed by atoms with van der Waals surface area (Å²) in [6.07, 6.45) is 0. The van der Waals surface area contributed by atoms with Gasteiger partial charge in [0.25, 0.3) is 0 Å². The summed E-state index contributed by atoms with van der Waals surface area (Å²) in [6.45, 7) is 0. The molecule has 0 saturated carbocycles. The minimum atomic E-state index is 0. The van der Waals surface area contributed by atoms with Gasteiger partial charge in [0.1, 0.15) is 0 Å². The number of hydrogen-bond acceptors (Lipinski definition) is 0. The van der Waals surface area contributed by atoms with E-state index in [4.69, 9.17) is 0 Å². The molecule has 0 heterocycles. The van der Waals surface area contributed by atoms with E-state index in [1.54, 1.807) is 0 Å². The summed E-state index contributed by atoms with van der Waals surface area (Å²) in [6, 6.07) is 0. The SMILES string of the molecule is [Cu].[Pd].[SiH3][Ni]. The van der Waals surface area contributed by atoms with E-state index in [1.807, 2.05) is 0 Å². The van der Waals surface area contributed by atoms with Gasteiger partial charge in [0.15, 0.2) is 0 Å². The first-order valence-electron chi connectivity index (χ1n) is 0.316. The van der Waals surface area contributed by atoms with Crippen molar-refractivity contribution >= 4 is 8.94 Å². The van der Waals surface area contributed by atoms with Crippen molar-refractivity contribution in [3.8, 4) is 0 Å². The number of rotatable bonds is 0. The molecular formula is H3CuNiPdSi. The minimum absolute atomic E-state index is 0. The summed E-state index contributed by atoms with van der Waals surface area (Å²) >= 11 is 4.01. The Kier molecular flexibility index (Phi) is 87.2. The number of hydrogen-bond donors (Lipinski definition) is 0. The summed E-state index contributed by atoms with van der Waals surface area (Å²) in [5.41, 5.74) is 0. The molecule has 0 amide bonds. The Balaban J connectivity index is -0.00000000500. The Morgan fingerprint density at radius 3 is 1.25 bits per heavy atom. The van der Waals surface area contributed by atoms with E-state index in [0.717, 1.165) is 8.94 Å². The second kappa shape index (κ2) is 20.7. The first-order valence-corrected chi connectivity index (χ1v) is 3.91. The zero-order chi connectivity index (χ0) is 2.00. The van der Waals surface area contributed by atoms with Crippen molar-refractivity contribution in [1.82, 2.24) is 0 Å². The Hall–Kier alpha value is 1.89. The van der Waals surface area contributed by atoms with Crippen LogP contribution in [0, 0.1) is 0 Å². The van der Waals surface area contributed by atoms with E-state index in [1.165, 1.54) is 0 Å².